The molecule has 0 unspecified atom stereocenters. The van der Waals surface area contributed by atoms with E-state index < -0.39 is 0 Å². The third-order valence-corrected chi connectivity index (χ3v) is 4.07. The van der Waals surface area contributed by atoms with Gasteiger partial charge in [0.1, 0.15) is 11.3 Å². The first-order chi connectivity index (χ1) is 9.08. The van der Waals surface area contributed by atoms with Crippen LogP contribution in [0.3, 0.4) is 0 Å². The normalized spacial score (nSPS) is 15.6. The third kappa shape index (κ3) is 2.39. The third-order valence-electron chi connectivity index (χ3n) is 3.76. The van der Waals surface area contributed by atoms with Gasteiger partial charge in [-0.3, -0.25) is 0 Å². The quantitative estimate of drug-likeness (QED) is 0.871. The molecule has 0 aliphatic heterocycles. The van der Waals surface area contributed by atoms with Crippen LogP contribution in [0.1, 0.15) is 49.5 Å². The van der Waals surface area contributed by atoms with E-state index in [4.69, 9.17) is 16.0 Å². The Morgan fingerprint density at radius 2 is 2.11 bits per heavy atom. The Bertz CT molecular complexity index is 611. The van der Waals surface area contributed by atoms with Gasteiger partial charge in [-0.25, -0.2) is 0 Å². The Morgan fingerprint density at radius 1 is 1.37 bits per heavy atom. The molecule has 19 heavy (non-hydrogen) atoms. The summed E-state index contributed by atoms with van der Waals surface area (Å²) >= 11 is 6.40. The van der Waals surface area contributed by atoms with Crippen LogP contribution >= 0.6 is 11.6 Å². The Morgan fingerprint density at radius 3 is 2.74 bits per heavy atom. The summed E-state index contributed by atoms with van der Waals surface area (Å²) in [7, 11) is 0. The smallest absolute Gasteiger partial charge is 0.139 e. The van der Waals surface area contributed by atoms with Crippen molar-refractivity contribution in [2.45, 2.75) is 52.1 Å². The van der Waals surface area contributed by atoms with Crippen molar-refractivity contribution >= 4 is 22.6 Å². The monoisotopic (exact) mass is 277 g/mol. The van der Waals surface area contributed by atoms with Gasteiger partial charge >= 0.3 is 0 Å². The van der Waals surface area contributed by atoms with E-state index in [0.717, 1.165) is 33.9 Å². The molecule has 0 bridgehead atoms. The number of rotatable bonds is 4. The summed E-state index contributed by atoms with van der Waals surface area (Å²) in [6, 6.07) is 4.47. The van der Waals surface area contributed by atoms with Gasteiger partial charge in [-0.15, -0.1) is 0 Å². The number of hydrogen-bond donors (Lipinski definition) is 1. The van der Waals surface area contributed by atoms with Crippen LogP contribution in [-0.2, 0) is 6.54 Å². The first-order valence-corrected chi connectivity index (χ1v) is 7.39. The average Bonchev–Trinajstić information content (AvgIpc) is 3.12. The molecule has 2 aromatic rings. The second kappa shape index (κ2) is 4.84. The van der Waals surface area contributed by atoms with Crippen LogP contribution in [0.5, 0.6) is 0 Å². The minimum absolute atomic E-state index is 0.455. The molecule has 3 rings (SSSR count). The molecule has 1 N–H and O–H groups in total. The van der Waals surface area contributed by atoms with Gasteiger partial charge in [0.25, 0.3) is 0 Å². The molecule has 1 fully saturated rings. The topological polar surface area (TPSA) is 25.2 Å². The lowest BCUT2D eigenvalue weighted by Crippen LogP contribution is -2.22. The van der Waals surface area contributed by atoms with Crippen LogP contribution in [0.15, 0.2) is 16.5 Å². The fourth-order valence-corrected chi connectivity index (χ4v) is 2.85. The minimum Gasteiger partial charge on any atom is -0.459 e. The summed E-state index contributed by atoms with van der Waals surface area (Å²) in [4.78, 5) is 0. The van der Waals surface area contributed by atoms with Crippen molar-refractivity contribution in [3.63, 3.8) is 0 Å². The highest BCUT2D eigenvalue weighted by atomic mass is 35.5. The van der Waals surface area contributed by atoms with E-state index in [0.29, 0.717) is 12.0 Å². The largest absolute Gasteiger partial charge is 0.459 e. The molecule has 1 aromatic carbocycles. The molecular formula is C16H20ClNO. The van der Waals surface area contributed by atoms with Crippen LogP contribution in [0.2, 0.25) is 5.02 Å². The van der Waals surface area contributed by atoms with Crippen molar-refractivity contribution in [1.29, 1.82) is 0 Å². The number of halogens is 1. The van der Waals surface area contributed by atoms with Crippen LogP contribution in [0.25, 0.3) is 11.0 Å². The molecule has 0 atom stereocenters. The standard InChI is InChI=1S/C16H20ClNO/c1-9(2)18-8-13-14(11-5-6-11)15-12(17)7-4-10(3)16(15)19-13/h4,7,9,11,18H,5-6,8H2,1-3H3. The van der Waals surface area contributed by atoms with E-state index >= 15 is 0 Å². The summed E-state index contributed by atoms with van der Waals surface area (Å²) in [5, 5.41) is 5.41. The van der Waals surface area contributed by atoms with Gasteiger partial charge in [0.2, 0.25) is 0 Å². The average molecular weight is 278 g/mol. The lowest BCUT2D eigenvalue weighted by atomic mass is 10.0. The van der Waals surface area contributed by atoms with E-state index in [-0.39, 0.29) is 0 Å². The predicted molar refractivity (Wildman–Crippen MR) is 79.9 cm³/mol. The Kier molecular flexibility index (Phi) is 3.32. The number of fused-ring (bicyclic) bond motifs is 1. The van der Waals surface area contributed by atoms with Crippen LogP contribution in [-0.4, -0.2) is 6.04 Å². The van der Waals surface area contributed by atoms with Crippen molar-refractivity contribution in [2.24, 2.45) is 0 Å². The molecule has 0 saturated heterocycles. The van der Waals surface area contributed by atoms with E-state index in [1.807, 2.05) is 12.1 Å². The molecule has 1 aliphatic rings. The number of benzene rings is 1. The summed E-state index contributed by atoms with van der Waals surface area (Å²) in [5.74, 6) is 1.71. The Balaban J connectivity index is 2.13. The second-order valence-corrected chi connectivity index (χ2v) is 6.22. The van der Waals surface area contributed by atoms with E-state index in [1.54, 1.807) is 0 Å². The Labute approximate surface area is 119 Å². The molecular weight excluding hydrogens is 258 g/mol. The fourth-order valence-electron chi connectivity index (χ4n) is 2.59. The zero-order valence-corrected chi connectivity index (χ0v) is 12.5. The van der Waals surface area contributed by atoms with Crippen molar-refractivity contribution in [2.75, 3.05) is 0 Å². The number of aryl methyl sites for hydroxylation is 1. The maximum Gasteiger partial charge on any atom is 0.139 e. The number of hydrogen-bond acceptors (Lipinski definition) is 2. The second-order valence-electron chi connectivity index (χ2n) is 5.82. The first-order valence-electron chi connectivity index (χ1n) is 7.01. The van der Waals surface area contributed by atoms with E-state index in [9.17, 15) is 0 Å². The van der Waals surface area contributed by atoms with Gasteiger partial charge in [0.15, 0.2) is 0 Å². The molecule has 1 saturated carbocycles. The van der Waals surface area contributed by atoms with Crippen molar-refractivity contribution in [1.82, 2.24) is 5.32 Å². The van der Waals surface area contributed by atoms with Gasteiger partial charge in [-0.2, -0.15) is 0 Å². The number of nitrogens with one attached hydrogen (secondary N) is 1. The molecule has 0 spiro atoms. The van der Waals surface area contributed by atoms with E-state index in [2.05, 4.69) is 26.1 Å². The molecule has 0 amide bonds. The Hall–Kier alpha value is -0.990. The zero-order valence-electron chi connectivity index (χ0n) is 11.7. The minimum atomic E-state index is 0.455. The predicted octanol–water partition coefficient (Wildman–Crippen LogP) is 4.77. The van der Waals surface area contributed by atoms with Crippen molar-refractivity contribution in [3.05, 3.63) is 34.0 Å². The van der Waals surface area contributed by atoms with Gasteiger partial charge in [0.05, 0.1) is 11.6 Å². The highest BCUT2D eigenvalue weighted by Gasteiger charge is 2.32. The summed E-state index contributed by atoms with van der Waals surface area (Å²) in [6.45, 7) is 7.17. The highest BCUT2D eigenvalue weighted by Crippen LogP contribution is 2.48. The maximum atomic E-state index is 6.40. The van der Waals surface area contributed by atoms with Crippen LogP contribution in [0, 0.1) is 6.92 Å². The first kappa shape index (κ1) is 13.0. The van der Waals surface area contributed by atoms with E-state index in [1.165, 1.54) is 18.4 Å². The molecule has 1 aromatic heterocycles. The van der Waals surface area contributed by atoms with Gasteiger partial charge < -0.3 is 9.73 Å². The van der Waals surface area contributed by atoms with Crippen LogP contribution in [0.4, 0.5) is 0 Å². The molecule has 0 radical (unpaired) electrons. The lowest BCUT2D eigenvalue weighted by Gasteiger charge is -2.07. The molecule has 3 heteroatoms. The molecule has 102 valence electrons. The van der Waals surface area contributed by atoms with Gasteiger partial charge in [0, 0.05) is 17.0 Å². The zero-order chi connectivity index (χ0) is 13.6. The lowest BCUT2D eigenvalue weighted by molar-refractivity contribution is 0.482. The number of furan rings is 1. The van der Waals surface area contributed by atoms with Crippen LogP contribution < -0.4 is 5.32 Å². The maximum absolute atomic E-state index is 6.40. The summed E-state index contributed by atoms with van der Waals surface area (Å²) in [6.07, 6.45) is 2.52. The summed E-state index contributed by atoms with van der Waals surface area (Å²) < 4.78 is 6.12. The van der Waals surface area contributed by atoms with Gasteiger partial charge in [-0.1, -0.05) is 31.5 Å². The highest BCUT2D eigenvalue weighted by molar-refractivity contribution is 6.35. The SMILES string of the molecule is Cc1ccc(Cl)c2c(C3CC3)c(CNC(C)C)oc12. The van der Waals surface area contributed by atoms with Crippen molar-refractivity contribution < 1.29 is 4.42 Å². The molecule has 1 heterocycles. The van der Waals surface area contributed by atoms with Gasteiger partial charge in [-0.05, 0) is 37.3 Å². The molecule has 2 nitrogen and oxygen atoms in total. The van der Waals surface area contributed by atoms with Crippen molar-refractivity contribution in [3.8, 4) is 0 Å². The fraction of sp³-hybridized carbons (Fsp3) is 0.500. The molecule has 1 aliphatic carbocycles. The summed E-state index contributed by atoms with van der Waals surface area (Å²) in [5.41, 5.74) is 3.48.